The summed E-state index contributed by atoms with van der Waals surface area (Å²) in [6.45, 7) is 4.06. The average molecular weight is 434 g/mol. The summed E-state index contributed by atoms with van der Waals surface area (Å²) in [6.07, 6.45) is 3.55. The molecule has 0 bridgehead atoms. The second kappa shape index (κ2) is 10.7. The van der Waals surface area contributed by atoms with Gasteiger partial charge in [0.05, 0.1) is 5.54 Å². The summed E-state index contributed by atoms with van der Waals surface area (Å²) in [5.41, 5.74) is 4.15. The van der Waals surface area contributed by atoms with Crippen molar-refractivity contribution in [2.45, 2.75) is 75.9 Å². The van der Waals surface area contributed by atoms with E-state index in [1.807, 2.05) is 30.3 Å². The predicted molar refractivity (Wildman–Crippen MR) is 118 cm³/mol. The Morgan fingerprint density at radius 3 is 2.48 bits per heavy atom. The van der Waals surface area contributed by atoms with Crippen LogP contribution in [0.5, 0.6) is 0 Å². The van der Waals surface area contributed by atoms with Crippen molar-refractivity contribution in [1.82, 2.24) is 10.2 Å². The van der Waals surface area contributed by atoms with Gasteiger partial charge in [-0.2, -0.15) is 0 Å². The molecule has 1 fully saturated rings. The molecule has 1 heterocycles. The van der Waals surface area contributed by atoms with Gasteiger partial charge in [0, 0.05) is 6.54 Å². The van der Waals surface area contributed by atoms with Crippen LogP contribution in [-0.4, -0.2) is 63.2 Å². The van der Waals surface area contributed by atoms with Crippen LogP contribution in [0.25, 0.3) is 0 Å². The smallest absolute Gasteiger partial charge is 0.329 e. The van der Waals surface area contributed by atoms with E-state index in [1.165, 1.54) is 4.90 Å². The van der Waals surface area contributed by atoms with Gasteiger partial charge in [-0.3, -0.25) is 14.9 Å². The number of nitrogens with zero attached hydrogens (tertiary/aromatic N) is 1. The van der Waals surface area contributed by atoms with Crippen LogP contribution >= 0.6 is 0 Å². The molecule has 5 N–H and O–H groups in total. The Hall–Kier alpha value is -2.45. The molecule has 1 aliphatic heterocycles. The lowest BCUT2D eigenvalue weighted by Gasteiger charge is -2.40. The molecule has 2 rings (SSSR count). The normalized spacial score (nSPS) is 21.5. The van der Waals surface area contributed by atoms with E-state index in [0.717, 1.165) is 5.56 Å². The van der Waals surface area contributed by atoms with Gasteiger partial charge in [-0.1, -0.05) is 30.3 Å². The minimum atomic E-state index is -1.28. The molecule has 1 saturated heterocycles. The van der Waals surface area contributed by atoms with E-state index in [-0.39, 0.29) is 5.91 Å². The molecular weight excluding hydrogens is 398 g/mol. The monoisotopic (exact) mass is 433 g/mol. The van der Waals surface area contributed by atoms with Crippen molar-refractivity contribution >= 4 is 17.8 Å². The zero-order valence-electron chi connectivity index (χ0n) is 18.5. The molecule has 1 aliphatic rings. The number of nitrogens with two attached hydrogens (primary N) is 1. The summed E-state index contributed by atoms with van der Waals surface area (Å²) in [6, 6.07) is 8.64. The van der Waals surface area contributed by atoms with Gasteiger partial charge >= 0.3 is 11.9 Å². The average Bonchev–Trinajstić information content (AvgIpc) is 3.14. The molecule has 8 heteroatoms. The fourth-order valence-electron chi connectivity index (χ4n) is 4.27. The number of amides is 1. The Balaban J connectivity index is 2.23. The number of carbonyl (C=O) groups excluding carboxylic acids is 1. The fraction of sp³-hybridized carbons (Fsp3) is 0.609. The number of rotatable bonds is 12. The van der Waals surface area contributed by atoms with Crippen molar-refractivity contribution < 1.29 is 24.6 Å². The van der Waals surface area contributed by atoms with E-state index in [2.05, 4.69) is 5.32 Å². The van der Waals surface area contributed by atoms with E-state index < -0.39 is 29.1 Å². The molecule has 1 aromatic rings. The van der Waals surface area contributed by atoms with E-state index >= 15 is 0 Å². The number of carbonyl (C=O) groups is 3. The van der Waals surface area contributed by atoms with Crippen molar-refractivity contribution in [3.05, 3.63) is 35.9 Å². The number of carboxylic acids is 2. The van der Waals surface area contributed by atoms with Crippen LogP contribution in [-0.2, 0) is 20.8 Å². The summed E-state index contributed by atoms with van der Waals surface area (Å²) in [5, 5.41) is 22.6. The zero-order valence-corrected chi connectivity index (χ0v) is 18.5. The lowest BCUT2D eigenvalue weighted by Crippen LogP contribution is -2.64. The largest absolute Gasteiger partial charge is 0.480 e. The summed E-state index contributed by atoms with van der Waals surface area (Å²) in [7, 11) is 0. The molecule has 0 saturated carbocycles. The summed E-state index contributed by atoms with van der Waals surface area (Å²) in [5.74, 6) is -2.43. The van der Waals surface area contributed by atoms with Crippen LogP contribution < -0.4 is 11.1 Å². The van der Waals surface area contributed by atoms with Gasteiger partial charge in [0.1, 0.15) is 11.6 Å². The van der Waals surface area contributed by atoms with Gasteiger partial charge in [0.15, 0.2) is 0 Å². The summed E-state index contributed by atoms with van der Waals surface area (Å²) < 4.78 is 0. The van der Waals surface area contributed by atoms with E-state index in [9.17, 15) is 24.6 Å². The number of aliphatic carboxylic acids is 2. The fourth-order valence-corrected chi connectivity index (χ4v) is 4.27. The molecule has 172 valence electrons. The lowest BCUT2D eigenvalue weighted by atomic mass is 9.88. The summed E-state index contributed by atoms with van der Waals surface area (Å²) in [4.78, 5) is 38.9. The maximum absolute atomic E-state index is 13.6. The molecule has 1 aromatic carbocycles. The first-order valence-corrected chi connectivity index (χ1v) is 10.9. The number of carboxylic acid groups (broad SMARTS) is 2. The molecule has 0 aromatic heterocycles. The maximum atomic E-state index is 13.6. The third-order valence-corrected chi connectivity index (χ3v) is 6.31. The number of nitrogens with one attached hydrogen (secondary N) is 1. The van der Waals surface area contributed by atoms with E-state index in [1.54, 1.807) is 13.8 Å². The van der Waals surface area contributed by atoms with Crippen molar-refractivity contribution in [1.29, 1.82) is 0 Å². The highest BCUT2D eigenvalue weighted by Crippen LogP contribution is 2.33. The number of benzene rings is 1. The number of hydrogen-bond acceptors (Lipinski definition) is 5. The highest BCUT2D eigenvalue weighted by molar-refractivity contribution is 5.93. The molecule has 0 unspecified atom stereocenters. The minimum absolute atomic E-state index is 0.315. The molecule has 0 radical (unpaired) electrons. The molecule has 8 nitrogen and oxygen atoms in total. The molecular formula is C23H35N3O5. The highest BCUT2D eigenvalue weighted by atomic mass is 16.4. The van der Waals surface area contributed by atoms with Crippen LogP contribution in [0.15, 0.2) is 30.3 Å². The first-order valence-electron chi connectivity index (χ1n) is 10.9. The third kappa shape index (κ3) is 6.04. The summed E-state index contributed by atoms with van der Waals surface area (Å²) >= 11 is 0. The second-order valence-corrected chi connectivity index (χ2v) is 8.78. The first kappa shape index (κ1) is 24.8. The van der Waals surface area contributed by atoms with Gasteiger partial charge in [-0.05, 0) is 70.9 Å². The van der Waals surface area contributed by atoms with Crippen LogP contribution in [0.3, 0.4) is 0 Å². The predicted octanol–water partition coefficient (Wildman–Crippen LogP) is 2.02. The Morgan fingerprint density at radius 2 is 1.90 bits per heavy atom. The lowest BCUT2D eigenvalue weighted by molar-refractivity contribution is -0.158. The SMILES string of the molecule is C[C@@]1(C(=O)O)CCCN1C(=O)[C@](C)(CCCCN)N[C@@H](CCc1ccccc1)C(=O)O. The maximum Gasteiger partial charge on any atom is 0.329 e. The molecule has 0 spiro atoms. The molecule has 1 amide bonds. The Morgan fingerprint density at radius 1 is 1.23 bits per heavy atom. The topological polar surface area (TPSA) is 133 Å². The Kier molecular flexibility index (Phi) is 8.59. The molecule has 3 atom stereocenters. The second-order valence-electron chi connectivity index (χ2n) is 8.78. The van der Waals surface area contributed by atoms with Crippen molar-refractivity contribution in [3.63, 3.8) is 0 Å². The number of aryl methyl sites for hydroxylation is 1. The van der Waals surface area contributed by atoms with Gasteiger partial charge in [0.25, 0.3) is 0 Å². The third-order valence-electron chi connectivity index (χ3n) is 6.31. The standard InChI is InChI=1S/C23H35N3O5/c1-22(13-6-7-15-24,20(29)26-16-8-14-23(26,2)21(30)31)25-18(19(27)28)12-11-17-9-4-3-5-10-17/h3-5,9-10,18,25H,6-8,11-16,24H2,1-2H3,(H,27,28)(H,30,31)/t18-,22-,23-/m0/s1. The van der Waals surface area contributed by atoms with Gasteiger partial charge in [-0.15, -0.1) is 0 Å². The zero-order chi connectivity index (χ0) is 23.1. The van der Waals surface area contributed by atoms with Crippen molar-refractivity contribution in [2.24, 2.45) is 5.73 Å². The highest BCUT2D eigenvalue weighted by Gasteiger charge is 2.50. The van der Waals surface area contributed by atoms with Gasteiger partial charge < -0.3 is 20.8 Å². The van der Waals surface area contributed by atoms with Crippen LogP contribution in [0.4, 0.5) is 0 Å². The quantitative estimate of drug-likeness (QED) is 0.371. The van der Waals surface area contributed by atoms with Gasteiger partial charge in [-0.25, -0.2) is 4.79 Å². The van der Waals surface area contributed by atoms with Crippen LogP contribution in [0.2, 0.25) is 0 Å². The van der Waals surface area contributed by atoms with Crippen LogP contribution in [0, 0.1) is 0 Å². The van der Waals surface area contributed by atoms with E-state index in [4.69, 9.17) is 5.73 Å². The first-order chi connectivity index (χ1) is 14.6. The number of hydrogen-bond donors (Lipinski definition) is 4. The Bertz CT molecular complexity index is 772. The van der Waals surface area contributed by atoms with Crippen molar-refractivity contribution in [2.75, 3.05) is 13.1 Å². The van der Waals surface area contributed by atoms with Crippen molar-refractivity contribution in [3.8, 4) is 0 Å². The van der Waals surface area contributed by atoms with Gasteiger partial charge in [0.2, 0.25) is 5.91 Å². The Labute approximate surface area is 183 Å². The van der Waals surface area contributed by atoms with Crippen LogP contribution in [0.1, 0.15) is 57.9 Å². The molecule has 31 heavy (non-hydrogen) atoms. The minimum Gasteiger partial charge on any atom is -0.480 e. The number of likely N-dealkylation sites (tertiary alicyclic amines) is 1. The number of unbranched alkanes of at least 4 members (excludes halogenated alkanes) is 1. The van der Waals surface area contributed by atoms with E-state index in [0.29, 0.717) is 58.0 Å². The molecule has 0 aliphatic carbocycles.